The van der Waals surface area contributed by atoms with E-state index in [1.807, 2.05) is 6.92 Å². The van der Waals surface area contributed by atoms with Crippen molar-refractivity contribution >= 4 is 11.7 Å². The number of carbonyl (C=O) groups excluding carboxylic acids is 1. The van der Waals surface area contributed by atoms with E-state index in [2.05, 4.69) is 38.6 Å². The molecule has 0 radical (unpaired) electrons. The van der Waals surface area contributed by atoms with Gasteiger partial charge >= 0.3 is 0 Å². The number of piperidine rings is 1. The third-order valence-corrected chi connectivity index (χ3v) is 4.95. The van der Waals surface area contributed by atoms with Crippen LogP contribution in [0.5, 0.6) is 0 Å². The topological polar surface area (TPSA) is 87.1 Å². The van der Waals surface area contributed by atoms with Crippen LogP contribution in [-0.4, -0.2) is 45.3 Å². The average molecular weight is 345 g/mol. The van der Waals surface area contributed by atoms with Crippen LogP contribution in [0.3, 0.4) is 0 Å². The number of hydrogen-bond donors (Lipinski definition) is 2. The van der Waals surface area contributed by atoms with Crippen molar-refractivity contribution in [3.8, 4) is 0 Å². The second-order valence-corrected chi connectivity index (χ2v) is 6.79. The number of aryl methyl sites for hydroxylation is 1. The fourth-order valence-corrected chi connectivity index (χ4v) is 3.53. The van der Waals surface area contributed by atoms with Gasteiger partial charge in [0.15, 0.2) is 5.82 Å². The van der Waals surface area contributed by atoms with Gasteiger partial charge in [0, 0.05) is 23.9 Å². The molecule has 0 bridgehead atoms. The largest absolute Gasteiger partial charge is 0.360 e. The van der Waals surface area contributed by atoms with E-state index in [1.165, 1.54) is 5.69 Å². The minimum atomic E-state index is -0.111. The quantitative estimate of drug-likeness (QED) is 0.805. The molecule has 0 unspecified atom stereocenters. The number of unbranched alkanes of at least 4 members (excludes halogenated alkanes) is 1. The van der Waals surface area contributed by atoms with Crippen LogP contribution >= 0.6 is 0 Å². The third kappa shape index (κ3) is 4.48. The van der Waals surface area contributed by atoms with Crippen molar-refractivity contribution < 1.29 is 9.32 Å². The SMILES string of the molecule is CCCC[C@@H](C(=O)Nc1cc(C)on1)N1CCC(c2ccn[nH]2)CC1. The van der Waals surface area contributed by atoms with Crippen LogP contribution in [0.2, 0.25) is 0 Å². The van der Waals surface area contributed by atoms with E-state index in [1.54, 1.807) is 12.3 Å². The molecule has 0 aromatic carbocycles. The van der Waals surface area contributed by atoms with Crippen LogP contribution in [0.25, 0.3) is 0 Å². The number of hydrogen-bond acceptors (Lipinski definition) is 5. The summed E-state index contributed by atoms with van der Waals surface area (Å²) < 4.78 is 5.04. The Hall–Kier alpha value is -2.15. The lowest BCUT2D eigenvalue weighted by molar-refractivity contribution is -0.122. The number of amides is 1. The molecule has 0 spiro atoms. The van der Waals surface area contributed by atoms with E-state index in [0.717, 1.165) is 45.2 Å². The summed E-state index contributed by atoms with van der Waals surface area (Å²) in [7, 11) is 0. The second-order valence-electron chi connectivity index (χ2n) is 6.79. The van der Waals surface area contributed by atoms with Gasteiger partial charge in [0.1, 0.15) is 5.76 Å². The molecule has 1 aliphatic heterocycles. The van der Waals surface area contributed by atoms with Crippen molar-refractivity contribution in [1.29, 1.82) is 0 Å². The Morgan fingerprint density at radius 2 is 2.28 bits per heavy atom. The summed E-state index contributed by atoms with van der Waals surface area (Å²) in [6, 6.07) is 3.69. The first kappa shape index (κ1) is 17.7. The van der Waals surface area contributed by atoms with E-state index < -0.39 is 0 Å². The van der Waals surface area contributed by atoms with Crippen LogP contribution in [0.1, 0.15) is 56.4 Å². The number of rotatable bonds is 7. The molecule has 7 heteroatoms. The number of nitrogens with one attached hydrogen (secondary N) is 2. The highest BCUT2D eigenvalue weighted by atomic mass is 16.5. The third-order valence-electron chi connectivity index (χ3n) is 4.95. The summed E-state index contributed by atoms with van der Waals surface area (Å²) in [5.41, 5.74) is 1.20. The second kappa shape index (κ2) is 8.29. The molecular weight excluding hydrogens is 318 g/mol. The lowest BCUT2D eigenvalue weighted by atomic mass is 9.92. The molecule has 1 amide bonds. The van der Waals surface area contributed by atoms with Gasteiger partial charge in [-0.25, -0.2) is 0 Å². The maximum absolute atomic E-state index is 12.8. The predicted molar refractivity (Wildman–Crippen MR) is 95.3 cm³/mol. The molecule has 2 aromatic rings. The van der Waals surface area contributed by atoms with E-state index in [9.17, 15) is 4.79 Å². The van der Waals surface area contributed by atoms with E-state index in [0.29, 0.717) is 17.5 Å². The van der Waals surface area contributed by atoms with Gasteiger partial charge in [0.05, 0.1) is 6.04 Å². The Labute approximate surface area is 148 Å². The molecule has 136 valence electrons. The van der Waals surface area contributed by atoms with Crippen LogP contribution in [0, 0.1) is 6.92 Å². The molecule has 7 nitrogen and oxygen atoms in total. The normalized spacial score (nSPS) is 17.5. The van der Waals surface area contributed by atoms with Crippen molar-refractivity contribution in [3.63, 3.8) is 0 Å². The smallest absolute Gasteiger partial charge is 0.242 e. The molecule has 25 heavy (non-hydrogen) atoms. The molecule has 0 saturated carbocycles. The first-order chi connectivity index (χ1) is 12.2. The molecule has 2 aromatic heterocycles. The number of aromatic amines is 1. The Morgan fingerprint density at radius 1 is 1.48 bits per heavy atom. The molecule has 1 saturated heterocycles. The number of nitrogens with zero attached hydrogens (tertiary/aromatic N) is 3. The van der Waals surface area contributed by atoms with Gasteiger partial charge in [-0.2, -0.15) is 5.10 Å². The molecule has 3 rings (SSSR count). The summed E-state index contributed by atoms with van der Waals surface area (Å²) in [6.45, 7) is 5.81. The van der Waals surface area contributed by atoms with Gasteiger partial charge in [-0.3, -0.25) is 14.8 Å². The zero-order chi connectivity index (χ0) is 17.6. The van der Waals surface area contributed by atoms with Gasteiger partial charge < -0.3 is 9.84 Å². The van der Waals surface area contributed by atoms with Crippen LogP contribution in [0.15, 0.2) is 22.9 Å². The Balaban J connectivity index is 1.61. The van der Waals surface area contributed by atoms with Crippen molar-refractivity contribution in [2.24, 2.45) is 0 Å². The number of H-pyrrole nitrogens is 1. The van der Waals surface area contributed by atoms with Gasteiger partial charge in [0.2, 0.25) is 5.91 Å². The Morgan fingerprint density at radius 3 is 2.88 bits per heavy atom. The van der Waals surface area contributed by atoms with Crippen LogP contribution in [-0.2, 0) is 4.79 Å². The fourth-order valence-electron chi connectivity index (χ4n) is 3.53. The number of likely N-dealkylation sites (tertiary alicyclic amines) is 1. The highest BCUT2D eigenvalue weighted by molar-refractivity contribution is 5.94. The fraction of sp³-hybridized carbons (Fsp3) is 0.611. The number of carbonyl (C=O) groups is 1. The first-order valence-electron chi connectivity index (χ1n) is 9.15. The molecule has 2 N–H and O–H groups in total. The minimum absolute atomic E-state index is 0.0155. The Bertz CT molecular complexity index is 659. The van der Waals surface area contributed by atoms with Crippen molar-refractivity contribution in [1.82, 2.24) is 20.3 Å². The number of aromatic nitrogens is 3. The molecular formula is C18H27N5O2. The maximum atomic E-state index is 12.8. The highest BCUT2D eigenvalue weighted by Gasteiger charge is 2.30. The molecule has 1 atom stereocenters. The van der Waals surface area contributed by atoms with Crippen LogP contribution < -0.4 is 5.32 Å². The van der Waals surface area contributed by atoms with Gasteiger partial charge in [-0.15, -0.1) is 0 Å². The summed E-state index contributed by atoms with van der Waals surface area (Å²) in [6.07, 6.45) is 6.88. The molecule has 1 fully saturated rings. The standard InChI is InChI=1S/C18H27N5O2/c1-3-4-5-16(18(24)20-17-12-13(2)25-22-17)23-10-7-14(8-11-23)15-6-9-19-21-15/h6,9,12,14,16H,3-5,7-8,10-11H2,1-2H3,(H,19,21)(H,20,22,24)/t16-/m0/s1. The summed E-state index contributed by atoms with van der Waals surface area (Å²) in [5, 5.41) is 13.9. The molecule has 0 aliphatic carbocycles. The minimum Gasteiger partial charge on any atom is -0.360 e. The average Bonchev–Trinajstić information content (AvgIpc) is 3.28. The Kier molecular flexibility index (Phi) is 5.86. The lowest BCUT2D eigenvalue weighted by Crippen LogP contribution is -2.47. The van der Waals surface area contributed by atoms with Crippen molar-refractivity contribution in [2.45, 2.75) is 57.9 Å². The van der Waals surface area contributed by atoms with Gasteiger partial charge in [-0.05, 0) is 45.3 Å². The van der Waals surface area contributed by atoms with Gasteiger partial charge in [-0.1, -0.05) is 24.9 Å². The molecule has 1 aliphatic rings. The van der Waals surface area contributed by atoms with Gasteiger partial charge in [0.25, 0.3) is 0 Å². The lowest BCUT2D eigenvalue weighted by Gasteiger charge is -2.36. The van der Waals surface area contributed by atoms with E-state index in [4.69, 9.17) is 4.52 Å². The van der Waals surface area contributed by atoms with Crippen molar-refractivity contribution in [3.05, 3.63) is 29.8 Å². The van der Waals surface area contributed by atoms with E-state index >= 15 is 0 Å². The van der Waals surface area contributed by atoms with Crippen LogP contribution in [0.4, 0.5) is 5.82 Å². The van der Waals surface area contributed by atoms with E-state index in [-0.39, 0.29) is 11.9 Å². The monoisotopic (exact) mass is 345 g/mol. The zero-order valence-corrected chi connectivity index (χ0v) is 15.0. The molecule has 3 heterocycles. The maximum Gasteiger partial charge on any atom is 0.242 e. The summed E-state index contributed by atoms with van der Waals surface area (Å²) in [4.78, 5) is 15.1. The zero-order valence-electron chi connectivity index (χ0n) is 15.0. The number of anilines is 1. The summed E-state index contributed by atoms with van der Waals surface area (Å²) >= 11 is 0. The summed E-state index contributed by atoms with van der Waals surface area (Å²) in [5.74, 6) is 1.71. The highest BCUT2D eigenvalue weighted by Crippen LogP contribution is 2.28. The first-order valence-corrected chi connectivity index (χ1v) is 9.15. The van der Waals surface area contributed by atoms with Crippen molar-refractivity contribution in [2.75, 3.05) is 18.4 Å². The predicted octanol–water partition coefficient (Wildman–Crippen LogP) is 3.08.